The second-order valence-corrected chi connectivity index (χ2v) is 6.99. The molecule has 1 fully saturated rings. The van der Waals surface area contributed by atoms with Crippen molar-refractivity contribution in [3.05, 3.63) is 70.1 Å². The van der Waals surface area contributed by atoms with Crippen LogP contribution in [0.5, 0.6) is 0 Å². The molecule has 0 aliphatic carbocycles. The molecule has 0 saturated carbocycles. The number of nitrogens with zero attached hydrogens (tertiary/aromatic N) is 5. The molecule has 2 heterocycles. The van der Waals surface area contributed by atoms with Crippen LogP contribution < -0.4 is 10.6 Å². The summed E-state index contributed by atoms with van der Waals surface area (Å²) in [6, 6.07) is 13.3. The van der Waals surface area contributed by atoms with E-state index < -0.39 is 10.8 Å². The molecule has 1 aliphatic rings. The fourth-order valence-corrected chi connectivity index (χ4v) is 3.36. The summed E-state index contributed by atoms with van der Waals surface area (Å²) in [4.78, 5) is 30.4. The number of benzene rings is 2. The molecule has 0 spiro atoms. The van der Waals surface area contributed by atoms with Gasteiger partial charge in [0.05, 0.1) is 11.5 Å². The van der Waals surface area contributed by atoms with Crippen molar-refractivity contribution in [2.75, 3.05) is 31.1 Å². The number of nitrogens with two attached hydrogens (primary N) is 1. The summed E-state index contributed by atoms with van der Waals surface area (Å²) in [5, 5.41) is 14.7. The van der Waals surface area contributed by atoms with Gasteiger partial charge in [-0.2, -0.15) is 4.98 Å². The SMILES string of the molecule is NC(=O)c1ccc(N2CCN(Cc3nc(-c4ccc([N+](=O)[O-])cc4)no3)CC2)cc1. The average Bonchev–Trinajstić information content (AvgIpc) is 3.23. The number of hydrogen-bond donors (Lipinski definition) is 1. The van der Waals surface area contributed by atoms with Crippen LogP contribution in [0.1, 0.15) is 16.2 Å². The fraction of sp³-hybridized carbons (Fsp3) is 0.250. The third-order valence-electron chi connectivity index (χ3n) is 5.05. The molecule has 10 nitrogen and oxygen atoms in total. The first kappa shape index (κ1) is 19.5. The smallest absolute Gasteiger partial charge is 0.269 e. The predicted molar refractivity (Wildman–Crippen MR) is 109 cm³/mol. The number of anilines is 1. The molecule has 1 aromatic heterocycles. The number of piperazine rings is 1. The van der Waals surface area contributed by atoms with Crippen molar-refractivity contribution in [2.45, 2.75) is 6.54 Å². The summed E-state index contributed by atoms with van der Waals surface area (Å²) < 4.78 is 5.35. The normalized spacial score (nSPS) is 14.6. The monoisotopic (exact) mass is 408 g/mol. The maximum atomic E-state index is 11.2. The maximum Gasteiger partial charge on any atom is 0.269 e. The van der Waals surface area contributed by atoms with Crippen molar-refractivity contribution in [3.63, 3.8) is 0 Å². The zero-order valence-electron chi connectivity index (χ0n) is 16.1. The van der Waals surface area contributed by atoms with Crippen molar-refractivity contribution >= 4 is 17.3 Å². The van der Waals surface area contributed by atoms with Gasteiger partial charge in [0.15, 0.2) is 0 Å². The molecule has 1 aliphatic heterocycles. The molecule has 3 aromatic rings. The van der Waals surface area contributed by atoms with Gasteiger partial charge in [0.1, 0.15) is 0 Å². The van der Waals surface area contributed by atoms with Gasteiger partial charge in [0.2, 0.25) is 17.6 Å². The summed E-state index contributed by atoms with van der Waals surface area (Å²) in [6.07, 6.45) is 0. The van der Waals surface area contributed by atoms with Crippen LogP contribution in [0.4, 0.5) is 11.4 Å². The average molecular weight is 408 g/mol. The minimum absolute atomic E-state index is 0.0182. The van der Waals surface area contributed by atoms with E-state index in [4.69, 9.17) is 10.3 Å². The van der Waals surface area contributed by atoms with Crippen LogP contribution in [0.25, 0.3) is 11.4 Å². The van der Waals surface area contributed by atoms with Gasteiger partial charge in [-0.3, -0.25) is 19.8 Å². The summed E-state index contributed by atoms with van der Waals surface area (Å²) in [7, 11) is 0. The molecule has 0 radical (unpaired) electrons. The lowest BCUT2D eigenvalue weighted by atomic mass is 10.1. The first-order valence-electron chi connectivity index (χ1n) is 9.44. The van der Waals surface area contributed by atoms with E-state index in [0.29, 0.717) is 29.4 Å². The first-order chi connectivity index (χ1) is 14.5. The largest absolute Gasteiger partial charge is 0.369 e. The molecule has 1 saturated heterocycles. The topological polar surface area (TPSA) is 132 Å². The minimum Gasteiger partial charge on any atom is -0.369 e. The second-order valence-electron chi connectivity index (χ2n) is 6.99. The number of non-ortho nitro benzene ring substituents is 1. The number of carbonyl (C=O) groups excluding carboxylic acids is 1. The molecular weight excluding hydrogens is 388 g/mol. The predicted octanol–water partition coefficient (Wildman–Crippen LogP) is 2.07. The van der Waals surface area contributed by atoms with Gasteiger partial charge >= 0.3 is 0 Å². The molecule has 0 bridgehead atoms. The van der Waals surface area contributed by atoms with Crippen LogP contribution in [-0.2, 0) is 6.54 Å². The number of hydrogen-bond acceptors (Lipinski definition) is 8. The third kappa shape index (κ3) is 4.28. The highest BCUT2D eigenvalue weighted by Crippen LogP contribution is 2.21. The highest BCUT2D eigenvalue weighted by Gasteiger charge is 2.20. The molecular formula is C20H20N6O4. The second kappa shape index (κ2) is 8.29. The Kier molecular flexibility index (Phi) is 5.40. The van der Waals surface area contributed by atoms with Crippen molar-refractivity contribution in [3.8, 4) is 11.4 Å². The summed E-state index contributed by atoms with van der Waals surface area (Å²) in [5.74, 6) is 0.481. The van der Waals surface area contributed by atoms with Crippen LogP contribution in [0.15, 0.2) is 53.1 Å². The lowest BCUT2D eigenvalue weighted by molar-refractivity contribution is -0.384. The van der Waals surface area contributed by atoms with Crippen molar-refractivity contribution in [1.82, 2.24) is 15.0 Å². The summed E-state index contributed by atoms with van der Waals surface area (Å²) >= 11 is 0. The van der Waals surface area contributed by atoms with Crippen molar-refractivity contribution in [2.24, 2.45) is 5.73 Å². The Labute approximate surface area is 172 Å². The Bertz CT molecular complexity index is 1040. The van der Waals surface area contributed by atoms with E-state index in [1.54, 1.807) is 24.3 Å². The van der Waals surface area contributed by atoms with Gasteiger partial charge in [-0.25, -0.2) is 0 Å². The molecule has 154 valence electrons. The molecule has 0 atom stereocenters. The number of rotatable bonds is 6. The zero-order valence-corrected chi connectivity index (χ0v) is 16.1. The number of primary amides is 1. The third-order valence-corrected chi connectivity index (χ3v) is 5.05. The highest BCUT2D eigenvalue weighted by atomic mass is 16.6. The molecule has 10 heteroatoms. The standard InChI is InChI=1S/C20H20N6O4/c21-19(27)14-1-5-16(6-2-14)25-11-9-24(10-12-25)13-18-22-20(23-30-18)15-3-7-17(8-4-15)26(28)29/h1-8H,9-13H2,(H2,21,27). The van der Waals surface area contributed by atoms with E-state index in [0.717, 1.165) is 31.9 Å². The van der Waals surface area contributed by atoms with E-state index in [1.165, 1.54) is 12.1 Å². The van der Waals surface area contributed by atoms with Crippen molar-refractivity contribution < 1.29 is 14.2 Å². The van der Waals surface area contributed by atoms with Gasteiger partial charge < -0.3 is 15.2 Å². The molecule has 30 heavy (non-hydrogen) atoms. The van der Waals surface area contributed by atoms with Crippen LogP contribution in [0, 0.1) is 10.1 Å². The van der Waals surface area contributed by atoms with Crippen molar-refractivity contribution in [1.29, 1.82) is 0 Å². The zero-order chi connectivity index (χ0) is 21.1. The van der Waals surface area contributed by atoms with Crippen LogP contribution in [0.3, 0.4) is 0 Å². The minimum atomic E-state index is -0.447. The first-order valence-corrected chi connectivity index (χ1v) is 9.44. The van der Waals surface area contributed by atoms with Gasteiger partial charge in [-0.15, -0.1) is 0 Å². The Morgan fingerprint density at radius 1 is 1.07 bits per heavy atom. The number of amides is 1. The molecule has 1 amide bonds. The Hall–Kier alpha value is -3.79. The van der Waals surface area contributed by atoms with E-state index in [1.807, 2.05) is 12.1 Å². The summed E-state index contributed by atoms with van der Waals surface area (Å²) in [5.41, 5.74) is 7.52. The van der Waals surface area contributed by atoms with Crippen LogP contribution >= 0.6 is 0 Å². The van der Waals surface area contributed by atoms with Gasteiger partial charge in [-0.1, -0.05) is 5.16 Å². The molecule has 2 aromatic carbocycles. The maximum absolute atomic E-state index is 11.2. The lowest BCUT2D eigenvalue weighted by Crippen LogP contribution is -2.46. The van der Waals surface area contributed by atoms with Gasteiger partial charge in [-0.05, 0) is 36.4 Å². The van der Waals surface area contributed by atoms with E-state index in [-0.39, 0.29) is 5.69 Å². The Balaban J connectivity index is 1.33. The quantitative estimate of drug-likeness (QED) is 0.484. The van der Waals surface area contributed by atoms with E-state index in [9.17, 15) is 14.9 Å². The van der Waals surface area contributed by atoms with Gasteiger partial charge in [0, 0.05) is 55.1 Å². The van der Waals surface area contributed by atoms with E-state index >= 15 is 0 Å². The fourth-order valence-electron chi connectivity index (χ4n) is 3.36. The number of carbonyl (C=O) groups is 1. The highest BCUT2D eigenvalue weighted by molar-refractivity contribution is 5.93. The Morgan fingerprint density at radius 3 is 2.33 bits per heavy atom. The number of aromatic nitrogens is 2. The Morgan fingerprint density at radius 2 is 1.73 bits per heavy atom. The number of nitro benzene ring substituents is 1. The number of nitro groups is 1. The molecule has 2 N–H and O–H groups in total. The summed E-state index contributed by atoms with van der Waals surface area (Å²) in [6.45, 7) is 3.85. The molecule has 4 rings (SSSR count). The van der Waals surface area contributed by atoms with Crippen LogP contribution in [-0.4, -0.2) is 52.1 Å². The lowest BCUT2D eigenvalue weighted by Gasteiger charge is -2.35. The van der Waals surface area contributed by atoms with E-state index in [2.05, 4.69) is 19.9 Å². The van der Waals surface area contributed by atoms with Crippen LogP contribution in [0.2, 0.25) is 0 Å². The molecule has 0 unspecified atom stereocenters. The van der Waals surface area contributed by atoms with Gasteiger partial charge in [0.25, 0.3) is 5.69 Å².